The van der Waals surface area contributed by atoms with Crippen LogP contribution in [-0.4, -0.2) is 39.7 Å². The predicted octanol–water partition coefficient (Wildman–Crippen LogP) is 3.59. The largest absolute Gasteiger partial charge is 0.337 e. The quantitative estimate of drug-likeness (QED) is 0.752. The molecule has 1 saturated heterocycles. The molecule has 1 aliphatic heterocycles. The molecule has 3 aromatic rings. The maximum atomic E-state index is 13.1. The fourth-order valence-electron chi connectivity index (χ4n) is 3.60. The number of piperidine rings is 1. The highest BCUT2D eigenvalue weighted by Crippen LogP contribution is 2.33. The van der Waals surface area contributed by atoms with Crippen molar-refractivity contribution in [1.29, 1.82) is 0 Å². The molecule has 0 saturated carbocycles. The second-order valence-corrected chi connectivity index (χ2v) is 8.80. The van der Waals surface area contributed by atoms with E-state index in [-0.39, 0.29) is 17.4 Å². The number of thiophene rings is 1. The minimum absolute atomic E-state index is 0.0542. The number of para-hydroxylation sites is 1. The third kappa shape index (κ3) is 2.83. The molecule has 1 unspecified atom stereocenters. The number of aromatic nitrogens is 2. The first kappa shape index (κ1) is 17.2. The van der Waals surface area contributed by atoms with Gasteiger partial charge in [0.25, 0.3) is 5.91 Å². The van der Waals surface area contributed by atoms with E-state index in [2.05, 4.69) is 18.9 Å². The van der Waals surface area contributed by atoms with Crippen LogP contribution in [0.3, 0.4) is 0 Å². The molecule has 0 radical (unpaired) electrons. The maximum Gasteiger partial charge on any atom is 0.264 e. The molecule has 5 nitrogen and oxygen atoms in total. The molecule has 1 aliphatic rings. The zero-order valence-electron chi connectivity index (χ0n) is 15.4. The zero-order valence-corrected chi connectivity index (χ0v) is 16.2. The third-order valence-electron chi connectivity index (χ3n) is 5.36. The van der Waals surface area contributed by atoms with Gasteiger partial charge in [0.15, 0.2) is 0 Å². The number of hydrogen-bond acceptors (Lipinski definition) is 4. The molecule has 2 aromatic heterocycles. The van der Waals surface area contributed by atoms with Crippen LogP contribution < -0.4 is 5.73 Å². The van der Waals surface area contributed by atoms with Crippen LogP contribution in [-0.2, 0) is 0 Å². The summed E-state index contributed by atoms with van der Waals surface area (Å²) in [6, 6.07) is 12.2. The number of benzene rings is 1. The number of carbonyl (C=O) groups is 1. The van der Waals surface area contributed by atoms with Gasteiger partial charge in [-0.1, -0.05) is 32.0 Å². The van der Waals surface area contributed by atoms with Gasteiger partial charge in [-0.2, -0.15) is 5.10 Å². The number of amides is 1. The average molecular weight is 369 g/mol. The van der Waals surface area contributed by atoms with E-state index in [1.54, 1.807) is 0 Å². The van der Waals surface area contributed by atoms with Crippen molar-refractivity contribution in [2.45, 2.75) is 33.2 Å². The first-order valence-electron chi connectivity index (χ1n) is 8.96. The number of nitrogens with zero attached hydrogens (tertiary/aromatic N) is 3. The predicted molar refractivity (Wildman–Crippen MR) is 106 cm³/mol. The lowest BCUT2D eigenvalue weighted by Crippen LogP contribution is -2.53. The van der Waals surface area contributed by atoms with E-state index < -0.39 is 0 Å². The summed E-state index contributed by atoms with van der Waals surface area (Å²) in [6.07, 6.45) is 0.848. The highest BCUT2D eigenvalue weighted by Gasteiger charge is 2.36. The minimum atomic E-state index is -0.0542. The van der Waals surface area contributed by atoms with Crippen molar-refractivity contribution >= 4 is 27.5 Å². The second-order valence-electron chi connectivity index (χ2n) is 7.77. The van der Waals surface area contributed by atoms with Gasteiger partial charge in [-0.05, 0) is 37.0 Å². The van der Waals surface area contributed by atoms with Gasteiger partial charge in [-0.25, -0.2) is 4.68 Å². The second kappa shape index (κ2) is 6.21. The lowest BCUT2D eigenvalue weighted by molar-refractivity contribution is 0.0537. The van der Waals surface area contributed by atoms with Crippen LogP contribution in [0.5, 0.6) is 0 Å². The summed E-state index contributed by atoms with van der Waals surface area (Å²) in [7, 11) is 0. The first-order valence-corrected chi connectivity index (χ1v) is 9.78. The van der Waals surface area contributed by atoms with Crippen molar-refractivity contribution in [2.24, 2.45) is 11.1 Å². The zero-order chi connectivity index (χ0) is 18.5. The van der Waals surface area contributed by atoms with Gasteiger partial charge in [0.05, 0.1) is 16.3 Å². The number of carbonyl (C=O) groups excluding carboxylic acids is 1. The first-order chi connectivity index (χ1) is 12.4. The van der Waals surface area contributed by atoms with Gasteiger partial charge in [0.2, 0.25) is 0 Å². The number of hydrogen-bond donors (Lipinski definition) is 1. The van der Waals surface area contributed by atoms with E-state index in [9.17, 15) is 4.79 Å². The summed E-state index contributed by atoms with van der Waals surface area (Å²) >= 11 is 1.52. The Balaban J connectivity index is 1.69. The standard InChI is InChI=1S/C20H24N4OS/c1-13-15-11-16(18(25)23-10-9-17(21)20(2,3)12-23)26-19(15)24(22-13)14-7-5-4-6-8-14/h4-8,11,17H,9-10,12,21H2,1-3H3. The Bertz CT molecular complexity index is 957. The van der Waals surface area contributed by atoms with Crippen molar-refractivity contribution in [3.05, 3.63) is 47.0 Å². The lowest BCUT2D eigenvalue weighted by atomic mass is 9.79. The Kier molecular flexibility index (Phi) is 4.12. The molecule has 1 fully saturated rings. The fraction of sp³-hybridized carbons (Fsp3) is 0.400. The average Bonchev–Trinajstić information content (AvgIpc) is 3.18. The van der Waals surface area contributed by atoms with Crippen LogP contribution >= 0.6 is 11.3 Å². The van der Waals surface area contributed by atoms with Crippen LogP contribution in [0.2, 0.25) is 0 Å². The molecule has 3 heterocycles. The van der Waals surface area contributed by atoms with E-state index in [4.69, 9.17) is 5.73 Å². The molecule has 1 amide bonds. The summed E-state index contributed by atoms with van der Waals surface area (Å²) in [6.45, 7) is 7.69. The van der Waals surface area contributed by atoms with Crippen LogP contribution in [0.4, 0.5) is 0 Å². The number of rotatable bonds is 2. The van der Waals surface area contributed by atoms with Crippen molar-refractivity contribution in [2.75, 3.05) is 13.1 Å². The highest BCUT2D eigenvalue weighted by molar-refractivity contribution is 7.20. The Morgan fingerprint density at radius 1 is 1.31 bits per heavy atom. The van der Waals surface area contributed by atoms with Crippen molar-refractivity contribution in [1.82, 2.24) is 14.7 Å². The van der Waals surface area contributed by atoms with Crippen LogP contribution in [0.25, 0.3) is 15.9 Å². The molecule has 0 spiro atoms. The van der Waals surface area contributed by atoms with E-state index in [1.165, 1.54) is 11.3 Å². The molecule has 2 N–H and O–H groups in total. The molecule has 1 atom stereocenters. The maximum absolute atomic E-state index is 13.1. The van der Waals surface area contributed by atoms with E-state index in [0.717, 1.165) is 39.4 Å². The Morgan fingerprint density at radius 2 is 2.04 bits per heavy atom. The number of aryl methyl sites for hydroxylation is 1. The van der Waals surface area contributed by atoms with Crippen molar-refractivity contribution < 1.29 is 4.79 Å². The number of nitrogens with two attached hydrogens (primary N) is 1. The summed E-state index contributed by atoms with van der Waals surface area (Å²) in [5, 5.41) is 5.70. The molecular weight excluding hydrogens is 344 g/mol. The summed E-state index contributed by atoms with van der Waals surface area (Å²) in [4.78, 5) is 16.8. The Labute approximate surface area is 157 Å². The molecular formula is C20H24N4OS. The fourth-order valence-corrected chi connectivity index (χ4v) is 4.75. The molecule has 6 heteroatoms. The molecule has 0 aliphatic carbocycles. The van der Waals surface area contributed by atoms with Gasteiger partial charge in [0, 0.05) is 24.5 Å². The number of likely N-dealkylation sites (tertiary alicyclic amines) is 1. The normalized spacial score (nSPS) is 19.8. The Hall–Kier alpha value is -2.18. The van der Waals surface area contributed by atoms with Crippen molar-refractivity contribution in [3.8, 4) is 5.69 Å². The lowest BCUT2D eigenvalue weighted by Gasteiger charge is -2.42. The van der Waals surface area contributed by atoms with Gasteiger partial charge < -0.3 is 10.6 Å². The molecule has 4 rings (SSSR count). The van der Waals surface area contributed by atoms with Gasteiger partial charge in [0.1, 0.15) is 4.83 Å². The highest BCUT2D eigenvalue weighted by atomic mass is 32.1. The van der Waals surface area contributed by atoms with Crippen LogP contribution in [0.15, 0.2) is 36.4 Å². The number of fused-ring (bicyclic) bond motifs is 1. The van der Waals surface area contributed by atoms with E-state index >= 15 is 0 Å². The molecule has 136 valence electrons. The van der Waals surface area contributed by atoms with Crippen LogP contribution in [0, 0.1) is 12.3 Å². The van der Waals surface area contributed by atoms with Crippen LogP contribution in [0.1, 0.15) is 35.6 Å². The molecule has 0 bridgehead atoms. The Morgan fingerprint density at radius 3 is 2.73 bits per heavy atom. The molecule has 1 aromatic carbocycles. The summed E-state index contributed by atoms with van der Waals surface area (Å²) in [5.74, 6) is 0.102. The van der Waals surface area contributed by atoms with E-state index in [0.29, 0.717) is 6.54 Å². The van der Waals surface area contributed by atoms with Crippen molar-refractivity contribution in [3.63, 3.8) is 0 Å². The van der Waals surface area contributed by atoms with Gasteiger partial charge in [-0.15, -0.1) is 11.3 Å². The SMILES string of the molecule is Cc1nn(-c2ccccc2)c2sc(C(=O)N3CCC(N)C(C)(C)C3)cc12. The third-order valence-corrected chi connectivity index (χ3v) is 6.45. The van der Waals surface area contributed by atoms with Gasteiger partial charge >= 0.3 is 0 Å². The summed E-state index contributed by atoms with van der Waals surface area (Å²) in [5.41, 5.74) is 8.12. The topological polar surface area (TPSA) is 64.2 Å². The minimum Gasteiger partial charge on any atom is -0.337 e. The monoisotopic (exact) mass is 368 g/mol. The smallest absolute Gasteiger partial charge is 0.264 e. The summed E-state index contributed by atoms with van der Waals surface area (Å²) < 4.78 is 1.93. The molecule has 26 heavy (non-hydrogen) atoms. The van der Waals surface area contributed by atoms with Gasteiger partial charge in [-0.3, -0.25) is 4.79 Å². The van der Waals surface area contributed by atoms with E-state index in [1.807, 2.05) is 52.9 Å².